The van der Waals surface area contributed by atoms with Gasteiger partial charge in [-0.05, 0) is 40.4 Å². The van der Waals surface area contributed by atoms with Crippen molar-refractivity contribution in [2.75, 3.05) is 6.61 Å². The van der Waals surface area contributed by atoms with Crippen molar-refractivity contribution in [3.63, 3.8) is 0 Å². The lowest BCUT2D eigenvalue weighted by Gasteiger charge is -2.28. The third-order valence-corrected chi connectivity index (χ3v) is 3.95. The number of esters is 1. The summed E-state index contributed by atoms with van der Waals surface area (Å²) in [5.74, 6) is -1.56. The Morgan fingerprint density at radius 3 is 1.88 bits per heavy atom. The number of carbonyl (C=O) groups is 2. The van der Waals surface area contributed by atoms with E-state index in [4.69, 9.17) is 9.84 Å². The van der Waals surface area contributed by atoms with E-state index in [0.717, 1.165) is 16.7 Å². The lowest BCUT2D eigenvalue weighted by molar-refractivity contribution is -0.151. The first-order valence-corrected chi connectivity index (χ1v) is 8.56. The van der Waals surface area contributed by atoms with Crippen LogP contribution in [-0.4, -0.2) is 28.8 Å². The maximum absolute atomic E-state index is 11.2. The molecule has 0 bridgehead atoms. The van der Waals surface area contributed by atoms with Gasteiger partial charge in [-0.3, -0.25) is 9.59 Å². The van der Waals surface area contributed by atoms with Crippen molar-refractivity contribution >= 4 is 11.9 Å². The van der Waals surface area contributed by atoms with Crippen LogP contribution in [0.1, 0.15) is 71.1 Å². The van der Waals surface area contributed by atoms with E-state index >= 15 is 0 Å². The van der Waals surface area contributed by atoms with Gasteiger partial charge in [0.05, 0.1) is 6.61 Å². The number of ether oxygens (including phenoxy) is 1. The maximum Gasteiger partial charge on any atom is 0.317 e. The van der Waals surface area contributed by atoms with E-state index in [0.29, 0.717) is 18.6 Å². The van der Waals surface area contributed by atoms with E-state index in [-0.39, 0.29) is 17.4 Å². The molecule has 0 spiro atoms. The molecule has 0 fully saturated rings. The van der Waals surface area contributed by atoms with Gasteiger partial charge in [0, 0.05) is 0 Å². The summed E-state index contributed by atoms with van der Waals surface area (Å²) in [6.07, 6.45) is 0.678. The van der Waals surface area contributed by atoms with Crippen molar-refractivity contribution in [2.45, 2.75) is 71.6 Å². The zero-order valence-electron chi connectivity index (χ0n) is 16.1. The summed E-state index contributed by atoms with van der Waals surface area (Å²) in [6.45, 7) is 12.6. The molecular formula is C20H30O5. The molecule has 0 aliphatic rings. The molecule has 0 radical (unpaired) electrons. The molecule has 0 aromatic heterocycles. The third-order valence-electron chi connectivity index (χ3n) is 3.95. The molecule has 1 aromatic rings. The van der Waals surface area contributed by atoms with Gasteiger partial charge >= 0.3 is 11.9 Å². The zero-order chi connectivity index (χ0) is 19.4. The highest BCUT2D eigenvalue weighted by Crippen LogP contribution is 2.39. The van der Waals surface area contributed by atoms with Crippen molar-refractivity contribution in [1.82, 2.24) is 0 Å². The lowest BCUT2D eigenvalue weighted by Crippen LogP contribution is -2.18. The Labute approximate surface area is 150 Å². The monoisotopic (exact) mass is 350 g/mol. The smallest absolute Gasteiger partial charge is 0.317 e. The Kier molecular flexibility index (Phi) is 6.63. The second-order valence-corrected chi connectivity index (χ2v) is 8.43. The minimum absolute atomic E-state index is 0.183. The number of carboxylic acids is 1. The van der Waals surface area contributed by atoms with E-state index in [2.05, 4.69) is 41.5 Å². The fraction of sp³-hybridized carbons (Fsp3) is 0.600. The largest absolute Gasteiger partial charge is 0.507 e. The van der Waals surface area contributed by atoms with Gasteiger partial charge in [-0.1, -0.05) is 53.7 Å². The molecule has 0 heterocycles. The average molecular weight is 350 g/mol. The third kappa shape index (κ3) is 6.40. The van der Waals surface area contributed by atoms with Crippen molar-refractivity contribution in [2.24, 2.45) is 0 Å². The minimum Gasteiger partial charge on any atom is -0.507 e. The molecule has 140 valence electrons. The molecular weight excluding hydrogens is 320 g/mol. The normalized spacial score (nSPS) is 12.1. The highest BCUT2D eigenvalue weighted by atomic mass is 16.5. The molecule has 0 saturated carbocycles. The second kappa shape index (κ2) is 7.89. The molecule has 0 aliphatic heterocycles. The highest BCUT2D eigenvalue weighted by Gasteiger charge is 2.26. The number of carboxylic acid groups (broad SMARTS) is 1. The standard InChI is InChI=1S/C20H30O5/c1-19(2,3)14-10-13(11-15(18(14)24)20(4,5)6)8-7-9-25-17(23)12-16(21)22/h10-11,24H,7-9,12H2,1-6H3,(H,21,22). The van der Waals surface area contributed by atoms with Gasteiger partial charge in [-0.2, -0.15) is 0 Å². The predicted octanol–water partition coefficient (Wildman–Crippen LogP) is 3.94. The van der Waals surface area contributed by atoms with Gasteiger partial charge in [-0.15, -0.1) is 0 Å². The van der Waals surface area contributed by atoms with Crippen LogP contribution < -0.4 is 0 Å². The van der Waals surface area contributed by atoms with Crippen LogP contribution in [0.4, 0.5) is 0 Å². The van der Waals surface area contributed by atoms with Crippen LogP contribution in [0.3, 0.4) is 0 Å². The first kappa shape index (κ1) is 21.0. The number of phenolic OH excluding ortho intramolecular Hbond substituents is 1. The number of hydrogen-bond acceptors (Lipinski definition) is 4. The Hall–Kier alpha value is -2.04. The van der Waals surface area contributed by atoms with Gasteiger partial charge in [0.2, 0.25) is 0 Å². The van der Waals surface area contributed by atoms with Crippen molar-refractivity contribution in [1.29, 1.82) is 0 Å². The number of benzene rings is 1. The van der Waals surface area contributed by atoms with Crippen molar-refractivity contribution in [3.8, 4) is 5.75 Å². The number of aryl methyl sites for hydroxylation is 1. The molecule has 1 rings (SSSR count). The summed E-state index contributed by atoms with van der Waals surface area (Å²) in [4.78, 5) is 21.7. The highest BCUT2D eigenvalue weighted by molar-refractivity contribution is 5.90. The summed E-state index contributed by atoms with van der Waals surface area (Å²) in [5.41, 5.74) is 2.50. The molecule has 0 unspecified atom stereocenters. The molecule has 0 atom stereocenters. The second-order valence-electron chi connectivity index (χ2n) is 8.43. The number of rotatable bonds is 6. The van der Waals surface area contributed by atoms with Crippen LogP contribution in [0, 0.1) is 0 Å². The van der Waals surface area contributed by atoms with E-state index < -0.39 is 18.4 Å². The van der Waals surface area contributed by atoms with E-state index in [1.807, 2.05) is 12.1 Å². The molecule has 2 N–H and O–H groups in total. The van der Waals surface area contributed by atoms with Gasteiger partial charge in [0.1, 0.15) is 12.2 Å². The van der Waals surface area contributed by atoms with E-state index in [1.54, 1.807) is 0 Å². The number of aromatic hydroxyl groups is 1. The molecule has 5 nitrogen and oxygen atoms in total. The Morgan fingerprint density at radius 2 is 1.48 bits per heavy atom. The number of aliphatic carboxylic acids is 1. The number of hydrogen-bond donors (Lipinski definition) is 2. The Bertz CT molecular complexity index is 597. The Balaban J connectivity index is 2.90. The fourth-order valence-electron chi connectivity index (χ4n) is 2.62. The van der Waals surface area contributed by atoms with E-state index in [9.17, 15) is 14.7 Å². The molecule has 1 aromatic carbocycles. The fourth-order valence-corrected chi connectivity index (χ4v) is 2.62. The van der Waals surface area contributed by atoms with Crippen molar-refractivity contribution in [3.05, 3.63) is 28.8 Å². The number of carbonyl (C=O) groups excluding carboxylic acids is 1. The summed E-state index contributed by atoms with van der Waals surface area (Å²) in [5, 5.41) is 19.2. The topological polar surface area (TPSA) is 83.8 Å². The SMILES string of the molecule is CC(C)(C)c1cc(CCCOC(=O)CC(=O)O)cc(C(C)(C)C)c1O. The van der Waals surface area contributed by atoms with Gasteiger partial charge in [0.25, 0.3) is 0 Å². The first-order valence-electron chi connectivity index (χ1n) is 8.56. The summed E-state index contributed by atoms with van der Waals surface area (Å²) in [7, 11) is 0. The van der Waals surface area contributed by atoms with Crippen molar-refractivity contribution < 1.29 is 24.5 Å². The first-order chi connectivity index (χ1) is 11.3. The van der Waals surface area contributed by atoms with Crippen LogP contribution in [0.15, 0.2) is 12.1 Å². The maximum atomic E-state index is 11.2. The van der Waals surface area contributed by atoms with Gasteiger partial charge < -0.3 is 14.9 Å². The molecule has 0 amide bonds. The predicted molar refractivity (Wildman–Crippen MR) is 97.0 cm³/mol. The Morgan fingerprint density at radius 1 is 1.00 bits per heavy atom. The van der Waals surface area contributed by atoms with Crippen LogP contribution in [0.2, 0.25) is 0 Å². The van der Waals surface area contributed by atoms with Gasteiger partial charge in [-0.25, -0.2) is 0 Å². The minimum atomic E-state index is -1.19. The molecule has 25 heavy (non-hydrogen) atoms. The average Bonchev–Trinajstić information content (AvgIpc) is 2.41. The molecule has 0 aliphatic carbocycles. The van der Waals surface area contributed by atoms with Crippen LogP contribution in [0.5, 0.6) is 5.75 Å². The number of phenols is 1. The summed E-state index contributed by atoms with van der Waals surface area (Å²) in [6, 6.07) is 4.01. The van der Waals surface area contributed by atoms with E-state index in [1.165, 1.54) is 0 Å². The van der Waals surface area contributed by atoms with Crippen LogP contribution in [-0.2, 0) is 31.6 Å². The summed E-state index contributed by atoms with van der Waals surface area (Å²) >= 11 is 0. The lowest BCUT2D eigenvalue weighted by atomic mass is 9.78. The zero-order valence-corrected chi connectivity index (χ0v) is 16.1. The summed E-state index contributed by atoms with van der Waals surface area (Å²) < 4.78 is 4.92. The van der Waals surface area contributed by atoms with Crippen LogP contribution in [0.25, 0.3) is 0 Å². The van der Waals surface area contributed by atoms with Gasteiger partial charge in [0.15, 0.2) is 0 Å². The van der Waals surface area contributed by atoms with Crippen LogP contribution >= 0.6 is 0 Å². The molecule has 0 saturated heterocycles. The molecule has 5 heteroatoms. The quantitative estimate of drug-likeness (QED) is 0.461.